The molecule has 150 valence electrons. The number of nitrogens with one attached hydrogen (secondary N) is 1. The Bertz CT molecular complexity index is 651. The zero-order valence-electron chi connectivity index (χ0n) is 16.2. The number of sulfonamides is 1. The number of aliphatic imine (C=N–C) groups is 1. The molecule has 9 heteroatoms. The van der Waals surface area contributed by atoms with E-state index in [0.717, 1.165) is 18.9 Å². The van der Waals surface area contributed by atoms with Crippen molar-refractivity contribution in [2.75, 3.05) is 46.2 Å². The van der Waals surface area contributed by atoms with E-state index < -0.39 is 10.0 Å². The van der Waals surface area contributed by atoms with Crippen LogP contribution < -0.4 is 5.32 Å². The molecular formula is C17H31IN4O2S2. The number of halogens is 1. The zero-order chi connectivity index (χ0) is 18.9. The molecule has 0 amide bonds. The van der Waals surface area contributed by atoms with Crippen molar-refractivity contribution in [3.8, 4) is 0 Å². The lowest BCUT2D eigenvalue weighted by Crippen LogP contribution is -2.40. The van der Waals surface area contributed by atoms with E-state index in [4.69, 9.17) is 0 Å². The second-order valence-electron chi connectivity index (χ2n) is 5.79. The average Bonchev–Trinajstić information content (AvgIpc) is 2.57. The molecule has 0 heterocycles. The van der Waals surface area contributed by atoms with Gasteiger partial charge >= 0.3 is 0 Å². The van der Waals surface area contributed by atoms with E-state index in [-0.39, 0.29) is 24.0 Å². The maximum atomic E-state index is 11.6. The molecule has 0 unspecified atom stereocenters. The maximum absolute atomic E-state index is 11.6. The van der Waals surface area contributed by atoms with E-state index in [1.807, 2.05) is 14.0 Å². The van der Waals surface area contributed by atoms with Gasteiger partial charge in [-0.1, -0.05) is 19.1 Å². The third-order valence-corrected chi connectivity index (χ3v) is 5.96. The molecule has 1 N–H and O–H groups in total. The molecule has 1 rings (SSSR count). The van der Waals surface area contributed by atoms with Gasteiger partial charge in [0.1, 0.15) is 0 Å². The van der Waals surface area contributed by atoms with Crippen molar-refractivity contribution in [1.29, 1.82) is 0 Å². The summed E-state index contributed by atoms with van der Waals surface area (Å²) < 4.78 is 24.6. The number of thioether (sulfide) groups is 1. The molecule has 6 nitrogen and oxygen atoms in total. The molecule has 1 aromatic rings. The van der Waals surface area contributed by atoms with Gasteiger partial charge in [-0.2, -0.15) is 0 Å². The molecular weight excluding hydrogens is 483 g/mol. The summed E-state index contributed by atoms with van der Waals surface area (Å²) in [4.78, 5) is 7.61. The first-order chi connectivity index (χ1) is 11.8. The molecule has 0 spiro atoms. The van der Waals surface area contributed by atoms with E-state index in [1.165, 1.54) is 21.0 Å². The average molecular weight is 514 g/mol. The van der Waals surface area contributed by atoms with Crippen LogP contribution >= 0.6 is 35.7 Å². The first-order valence-corrected chi connectivity index (χ1v) is 11.4. The van der Waals surface area contributed by atoms with Gasteiger partial charge in [0.05, 0.1) is 6.26 Å². The van der Waals surface area contributed by atoms with Gasteiger partial charge in [-0.15, -0.1) is 35.7 Å². The van der Waals surface area contributed by atoms with Gasteiger partial charge in [-0.25, -0.2) is 12.7 Å². The molecule has 0 saturated heterocycles. The summed E-state index contributed by atoms with van der Waals surface area (Å²) in [5, 5.41) is 3.29. The van der Waals surface area contributed by atoms with Crippen LogP contribution in [0.3, 0.4) is 0 Å². The molecule has 0 radical (unpaired) electrons. The van der Waals surface area contributed by atoms with Gasteiger partial charge in [-0.3, -0.25) is 4.99 Å². The van der Waals surface area contributed by atoms with Crippen LogP contribution in [-0.4, -0.2) is 69.8 Å². The van der Waals surface area contributed by atoms with Crippen LogP contribution in [0.2, 0.25) is 0 Å². The summed E-state index contributed by atoms with van der Waals surface area (Å²) in [5.74, 6) is 0.802. The SMILES string of the molecule is CCN(CCCNC(=NC)N(C)Cc1ccc(SC)cc1)S(C)(=O)=O.I. The van der Waals surface area contributed by atoms with Crippen molar-refractivity contribution in [3.63, 3.8) is 0 Å². The predicted molar refractivity (Wildman–Crippen MR) is 123 cm³/mol. The Morgan fingerprint density at radius 1 is 1.27 bits per heavy atom. The van der Waals surface area contributed by atoms with Crippen molar-refractivity contribution in [2.45, 2.75) is 24.8 Å². The molecule has 26 heavy (non-hydrogen) atoms. The maximum Gasteiger partial charge on any atom is 0.211 e. The summed E-state index contributed by atoms with van der Waals surface area (Å²) in [6.07, 6.45) is 4.05. The lowest BCUT2D eigenvalue weighted by atomic mass is 10.2. The standard InChI is InChI=1S/C17H30N4O2S2.HI/c1-6-21(25(5,22)23)13-7-12-19-17(18-2)20(3)14-15-8-10-16(24-4)11-9-15;/h8-11H,6-7,12-14H2,1-5H3,(H,18,19);1H. The lowest BCUT2D eigenvalue weighted by molar-refractivity contribution is 0.419. The van der Waals surface area contributed by atoms with Gasteiger partial charge in [0, 0.05) is 45.2 Å². The molecule has 0 atom stereocenters. The molecule has 0 aromatic heterocycles. The first-order valence-electron chi connectivity index (χ1n) is 8.31. The molecule has 0 fully saturated rings. The highest BCUT2D eigenvalue weighted by Crippen LogP contribution is 2.15. The molecule has 0 saturated carbocycles. The molecule has 0 bridgehead atoms. The fraction of sp³-hybridized carbons (Fsp3) is 0.588. The van der Waals surface area contributed by atoms with Crippen molar-refractivity contribution < 1.29 is 8.42 Å². The summed E-state index contributed by atoms with van der Waals surface area (Å²) >= 11 is 1.73. The Morgan fingerprint density at radius 2 is 1.88 bits per heavy atom. The second-order valence-corrected chi connectivity index (χ2v) is 8.65. The minimum Gasteiger partial charge on any atom is -0.356 e. The Morgan fingerprint density at radius 3 is 2.35 bits per heavy atom. The summed E-state index contributed by atoms with van der Waals surface area (Å²) in [5.41, 5.74) is 1.22. The van der Waals surface area contributed by atoms with E-state index in [0.29, 0.717) is 19.6 Å². The molecule has 0 aliphatic heterocycles. The Kier molecular flexibility index (Phi) is 12.5. The third kappa shape index (κ3) is 8.92. The number of guanidine groups is 1. The van der Waals surface area contributed by atoms with E-state index in [9.17, 15) is 8.42 Å². The van der Waals surface area contributed by atoms with Crippen molar-refractivity contribution in [3.05, 3.63) is 29.8 Å². The summed E-state index contributed by atoms with van der Waals surface area (Å²) in [6.45, 7) is 4.30. The lowest BCUT2D eigenvalue weighted by Gasteiger charge is -2.23. The number of benzene rings is 1. The van der Waals surface area contributed by atoms with Gasteiger partial charge in [0.2, 0.25) is 10.0 Å². The fourth-order valence-electron chi connectivity index (χ4n) is 2.48. The number of nitrogens with zero attached hydrogens (tertiary/aromatic N) is 3. The smallest absolute Gasteiger partial charge is 0.211 e. The predicted octanol–water partition coefficient (Wildman–Crippen LogP) is 2.71. The highest BCUT2D eigenvalue weighted by Gasteiger charge is 2.13. The van der Waals surface area contributed by atoms with Crippen LogP contribution in [0.25, 0.3) is 0 Å². The van der Waals surface area contributed by atoms with Crippen LogP contribution in [0, 0.1) is 0 Å². The van der Waals surface area contributed by atoms with Gasteiger partial charge in [0.15, 0.2) is 5.96 Å². The molecule has 1 aromatic carbocycles. The van der Waals surface area contributed by atoms with Crippen molar-refractivity contribution in [2.24, 2.45) is 4.99 Å². The quantitative estimate of drug-likeness (QED) is 0.181. The third-order valence-electron chi connectivity index (χ3n) is 3.84. The minimum absolute atomic E-state index is 0. The van der Waals surface area contributed by atoms with Crippen molar-refractivity contribution in [1.82, 2.24) is 14.5 Å². The second kappa shape index (κ2) is 12.8. The van der Waals surface area contributed by atoms with E-state index >= 15 is 0 Å². The minimum atomic E-state index is -3.12. The normalized spacial score (nSPS) is 12.0. The number of hydrogen-bond donors (Lipinski definition) is 1. The molecule has 0 aliphatic carbocycles. The van der Waals surface area contributed by atoms with Gasteiger partial charge in [-0.05, 0) is 30.4 Å². The van der Waals surface area contributed by atoms with Gasteiger partial charge in [0.25, 0.3) is 0 Å². The number of rotatable bonds is 9. The number of hydrogen-bond acceptors (Lipinski definition) is 4. The summed E-state index contributed by atoms with van der Waals surface area (Å²) in [7, 11) is 0.626. The Labute approximate surface area is 179 Å². The van der Waals surface area contributed by atoms with Crippen LogP contribution in [-0.2, 0) is 16.6 Å². The van der Waals surface area contributed by atoms with Crippen LogP contribution in [0.5, 0.6) is 0 Å². The van der Waals surface area contributed by atoms with Crippen LogP contribution in [0.4, 0.5) is 0 Å². The fourth-order valence-corrected chi connectivity index (χ4v) is 3.82. The van der Waals surface area contributed by atoms with Crippen LogP contribution in [0.1, 0.15) is 18.9 Å². The Hall–Kier alpha value is -0.520. The Balaban J connectivity index is 0.00000625. The summed E-state index contributed by atoms with van der Waals surface area (Å²) in [6, 6.07) is 8.49. The molecule has 0 aliphatic rings. The first kappa shape index (κ1) is 25.5. The topological polar surface area (TPSA) is 65.0 Å². The van der Waals surface area contributed by atoms with E-state index in [2.05, 4.69) is 45.7 Å². The highest BCUT2D eigenvalue weighted by molar-refractivity contribution is 14.0. The largest absolute Gasteiger partial charge is 0.356 e. The van der Waals surface area contributed by atoms with E-state index in [1.54, 1.807) is 18.8 Å². The highest BCUT2D eigenvalue weighted by atomic mass is 127. The monoisotopic (exact) mass is 514 g/mol. The van der Waals surface area contributed by atoms with Gasteiger partial charge < -0.3 is 10.2 Å². The van der Waals surface area contributed by atoms with Crippen LogP contribution in [0.15, 0.2) is 34.2 Å². The van der Waals surface area contributed by atoms with Crippen molar-refractivity contribution >= 4 is 51.7 Å². The zero-order valence-corrected chi connectivity index (χ0v) is 20.2.